The van der Waals surface area contributed by atoms with Gasteiger partial charge in [-0.15, -0.1) is 0 Å². The summed E-state index contributed by atoms with van der Waals surface area (Å²) in [5, 5.41) is 0.870. The van der Waals surface area contributed by atoms with Crippen molar-refractivity contribution in [3.05, 3.63) is 0 Å². The summed E-state index contributed by atoms with van der Waals surface area (Å²) in [5.41, 5.74) is 0. The van der Waals surface area contributed by atoms with Crippen LogP contribution in [0, 0.1) is 0 Å². The maximum atomic E-state index is 9.73. The van der Waals surface area contributed by atoms with Crippen LogP contribution in [0.3, 0.4) is 0 Å². The highest BCUT2D eigenvalue weighted by atomic mass is 32.3. The Morgan fingerprint density at radius 2 is 1.50 bits per heavy atom. The number of hydroxylamine groups is 2. The lowest BCUT2D eigenvalue weighted by atomic mass is 10.2. The Balaban J connectivity index is 0. The van der Waals surface area contributed by atoms with Crippen molar-refractivity contribution in [2.24, 2.45) is 0 Å². The zero-order valence-electron chi connectivity index (χ0n) is 9.36. The van der Waals surface area contributed by atoms with Crippen molar-refractivity contribution in [1.82, 2.24) is 5.06 Å². The van der Waals surface area contributed by atoms with E-state index in [9.17, 15) is 8.42 Å². The molecule has 0 aliphatic heterocycles. The van der Waals surface area contributed by atoms with Crippen molar-refractivity contribution in [3.63, 3.8) is 0 Å². The van der Waals surface area contributed by atoms with Crippen LogP contribution in [0.2, 0.25) is 0 Å². The maximum absolute atomic E-state index is 9.73. The Bertz CT molecular complexity index is 197. The quantitative estimate of drug-likeness (QED) is 0.441. The third kappa shape index (κ3) is 22.6. The van der Waals surface area contributed by atoms with Crippen LogP contribution >= 0.6 is 0 Å². The average molecular weight is 227 g/mol. The molecule has 0 aromatic heterocycles. The summed E-state index contributed by atoms with van der Waals surface area (Å²) in [4.78, 5) is 0. The van der Waals surface area contributed by atoms with E-state index in [1.165, 1.54) is 39.8 Å². The second-order valence-electron chi connectivity index (χ2n) is 3.02. The Labute approximate surface area is 87.0 Å². The predicted molar refractivity (Wildman–Crippen MR) is 56.1 cm³/mol. The molecule has 0 saturated carbocycles. The Kier molecular flexibility index (Phi) is 10.9. The van der Waals surface area contributed by atoms with Crippen LogP contribution in [0.5, 0.6) is 0 Å². The molecule has 0 amide bonds. The minimum absolute atomic E-state index is 0.870. The molecular weight excluding hydrogens is 206 g/mol. The van der Waals surface area contributed by atoms with Crippen molar-refractivity contribution in [2.45, 2.75) is 39.5 Å². The first-order valence-electron chi connectivity index (χ1n) is 4.67. The molecule has 88 valence electrons. The zero-order valence-corrected chi connectivity index (χ0v) is 10.2. The molecule has 0 fully saturated rings. The summed E-state index contributed by atoms with van der Waals surface area (Å²) in [6, 6.07) is 0. The molecule has 0 saturated heterocycles. The fraction of sp³-hybridized carbons (Fsp3) is 1.00. The first-order valence-corrected chi connectivity index (χ1v) is 6.04. The first-order chi connectivity index (χ1) is 6.33. The highest BCUT2D eigenvalue weighted by molar-refractivity contribution is 7.80. The molecule has 6 heteroatoms. The maximum Gasteiger partial charge on any atom is 0.413 e. The van der Waals surface area contributed by atoms with Crippen LogP contribution in [0.1, 0.15) is 39.5 Å². The molecule has 0 bridgehead atoms. The van der Waals surface area contributed by atoms with Crippen molar-refractivity contribution < 1.29 is 17.3 Å². The van der Waals surface area contributed by atoms with Gasteiger partial charge in [0.1, 0.15) is 0 Å². The van der Waals surface area contributed by atoms with Gasteiger partial charge in [0.15, 0.2) is 0 Å². The lowest BCUT2D eigenvalue weighted by molar-refractivity contribution is -0.00763. The van der Waals surface area contributed by atoms with Gasteiger partial charge in [0.2, 0.25) is 0 Å². The van der Waals surface area contributed by atoms with E-state index in [1.807, 2.05) is 0 Å². The number of hydrogen-bond donors (Lipinski definition) is 1. The third-order valence-corrected chi connectivity index (χ3v) is 1.69. The van der Waals surface area contributed by atoms with E-state index in [-0.39, 0.29) is 0 Å². The molecule has 0 unspecified atom stereocenters. The summed E-state index contributed by atoms with van der Waals surface area (Å²) in [6.45, 7) is 4.46. The highest BCUT2D eigenvalue weighted by Crippen LogP contribution is 1.95. The second-order valence-corrected chi connectivity index (χ2v) is 4.03. The van der Waals surface area contributed by atoms with Gasteiger partial charge in [-0.25, -0.2) is 0 Å². The molecule has 0 radical (unpaired) electrons. The van der Waals surface area contributed by atoms with Crippen LogP contribution in [0.15, 0.2) is 0 Å². The highest BCUT2D eigenvalue weighted by Gasteiger charge is 2.04. The number of nitrogens with zero attached hydrogens (tertiary/aromatic N) is 1. The average Bonchev–Trinajstić information content (AvgIpc) is 1.97. The molecule has 5 nitrogen and oxygen atoms in total. The molecule has 0 aliphatic rings. The molecule has 14 heavy (non-hydrogen) atoms. The molecule has 0 spiro atoms. The minimum atomic E-state index is -4.30. The number of unbranched alkanes of at least 4 members (excludes halogenated alkanes) is 3. The topological polar surface area (TPSA) is 66.8 Å². The van der Waals surface area contributed by atoms with Crippen LogP contribution in [-0.4, -0.2) is 32.1 Å². The van der Waals surface area contributed by atoms with E-state index in [2.05, 4.69) is 18.1 Å². The summed E-state index contributed by atoms with van der Waals surface area (Å²) < 4.78 is 31.2. The van der Waals surface area contributed by atoms with Crippen LogP contribution < -0.4 is 0 Å². The fourth-order valence-corrected chi connectivity index (χ4v) is 1.07. The fourth-order valence-electron chi connectivity index (χ4n) is 0.688. The van der Waals surface area contributed by atoms with E-state index in [1.54, 1.807) is 0 Å². The van der Waals surface area contributed by atoms with Crippen molar-refractivity contribution in [1.29, 1.82) is 0 Å². The van der Waals surface area contributed by atoms with E-state index in [0.29, 0.717) is 0 Å². The smallest absolute Gasteiger partial charge is 0.262 e. The lowest BCUT2D eigenvalue weighted by Gasteiger charge is -2.03. The number of hydrogen-bond acceptors (Lipinski definition) is 4. The summed E-state index contributed by atoms with van der Waals surface area (Å²) >= 11 is 0. The molecule has 1 N–H and O–H groups in total. The standard InChI is InChI=1S/C6H14.C2H7NO4S/c1-3-5-6-4-2;1-3(2)7-8(4,5)6/h3-6H2,1-2H3;1-2H3,(H,4,5,6). The molecular formula is C8H21NO4S. The van der Waals surface area contributed by atoms with Crippen LogP contribution in [0.4, 0.5) is 0 Å². The van der Waals surface area contributed by atoms with E-state index >= 15 is 0 Å². The van der Waals surface area contributed by atoms with Crippen molar-refractivity contribution in [2.75, 3.05) is 14.1 Å². The predicted octanol–water partition coefficient (Wildman–Crippen LogP) is 1.87. The third-order valence-electron chi connectivity index (χ3n) is 1.20. The Morgan fingerprint density at radius 1 is 1.14 bits per heavy atom. The normalized spacial score (nSPS) is 11.0. The molecule has 0 aliphatic carbocycles. The van der Waals surface area contributed by atoms with Crippen LogP contribution in [-0.2, 0) is 14.7 Å². The van der Waals surface area contributed by atoms with Gasteiger partial charge in [-0.3, -0.25) is 4.55 Å². The van der Waals surface area contributed by atoms with Gasteiger partial charge < -0.3 is 0 Å². The largest absolute Gasteiger partial charge is 0.413 e. The van der Waals surface area contributed by atoms with Gasteiger partial charge in [-0.1, -0.05) is 39.5 Å². The first kappa shape index (κ1) is 16.3. The van der Waals surface area contributed by atoms with Gasteiger partial charge >= 0.3 is 10.4 Å². The zero-order chi connectivity index (χ0) is 11.6. The van der Waals surface area contributed by atoms with Gasteiger partial charge in [0.25, 0.3) is 0 Å². The van der Waals surface area contributed by atoms with Crippen molar-refractivity contribution >= 4 is 10.4 Å². The van der Waals surface area contributed by atoms with Crippen molar-refractivity contribution in [3.8, 4) is 0 Å². The summed E-state index contributed by atoms with van der Waals surface area (Å²) in [5.74, 6) is 0. The second kappa shape index (κ2) is 9.39. The molecule has 0 heterocycles. The van der Waals surface area contributed by atoms with Gasteiger partial charge in [-0.05, 0) is 0 Å². The molecule has 0 aromatic rings. The minimum Gasteiger partial charge on any atom is -0.262 e. The molecule has 0 rings (SSSR count). The van der Waals surface area contributed by atoms with E-state index in [0.717, 1.165) is 5.06 Å². The Morgan fingerprint density at radius 3 is 1.57 bits per heavy atom. The van der Waals surface area contributed by atoms with Gasteiger partial charge in [0.05, 0.1) is 0 Å². The van der Waals surface area contributed by atoms with E-state index in [4.69, 9.17) is 4.55 Å². The Hall–Kier alpha value is -0.170. The SMILES string of the molecule is CCCCCC.CN(C)OS(=O)(=O)O. The van der Waals surface area contributed by atoms with E-state index < -0.39 is 10.4 Å². The van der Waals surface area contributed by atoms with Gasteiger partial charge in [-0.2, -0.15) is 17.8 Å². The molecule has 0 atom stereocenters. The van der Waals surface area contributed by atoms with Crippen LogP contribution in [0.25, 0.3) is 0 Å². The monoisotopic (exact) mass is 227 g/mol. The lowest BCUT2D eigenvalue weighted by Crippen LogP contribution is -2.17. The number of rotatable bonds is 5. The summed E-state index contributed by atoms with van der Waals surface area (Å²) in [7, 11) is -1.62. The van der Waals surface area contributed by atoms with Gasteiger partial charge in [0, 0.05) is 14.1 Å². The molecule has 0 aromatic carbocycles. The summed E-state index contributed by atoms with van der Waals surface area (Å²) in [6.07, 6.45) is 5.54.